The molecular formula is C27H22F2O4. The maximum atomic E-state index is 14.9. The van der Waals surface area contributed by atoms with Crippen molar-refractivity contribution in [3.63, 3.8) is 0 Å². The van der Waals surface area contributed by atoms with Crippen LogP contribution in [0.5, 0.6) is 5.75 Å². The van der Waals surface area contributed by atoms with E-state index in [1.165, 1.54) is 69.3 Å². The Hall–Kier alpha value is -4.24. The highest BCUT2D eigenvalue weighted by Crippen LogP contribution is 2.30. The predicted molar refractivity (Wildman–Crippen MR) is 124 cm³/mol. The van der Waals surface area contributed by atoms with Crippen LogP contribution in [-0.4, -0.2) is 11.9 Å². The number of allylic oxidation sites excluding steroid dienone is 4. The van der Waals surface area contributed by atoms with Gasteiger partial charge in [0.05, 0.1) is 0 Å². The molecule has 2 aromatic rings. The number of ether oxygens (including phenoxy) is 2. The highest BCUT2D eigenvalue weighted by molar-refractivity contribution is 5.89. The summed E-state index contributed by atoms with van der Waals surface area (Å²) >= 11 is 0. The largest absolute Gasteiger partial charge is 0.428 e. The molecule has 4 nitrogen and oxygen atoms in total. The standard InChI is InChI=1S/C27H22F2O4/c1-7-19(9-8-18(6)32-26(30)16(2)3)22-14-15-23(25(29)24(22)28)20-10-12-21(13-11-20)33-27(31)17(4)5/h1,8-15H,2,4H2,3,5-6H3. The van der Waals surface area contributed by atoms with Gasteiger partial charge in [0, 0.05) is 27.8 Å². The number of carbonyl (C=O) groups excluding carboxylic acids is 2. The maximum Gasteiger partial charge on any atom is 0.338 e. The van der Waals surface area contributed by atoms with Gasteiger partial charge in [0.15, 0.2) is 11.6 Å². The first-order chi connectivity index (χ1) is 15.5. The molecule has 0 heterocycles. The van der Waals surface area contributed by atoms with Gasteiger partial charge in [0.2, 0.25) is 0 Å². The van der Waals surface area contributed by atoms with E-state index in [0.717, 1.165) is 0 Å². The van der Waals surface area contributed by atoms with E-state index in [4.69, 9.17) is 15.9 Å². The average Bonchev–Trinajstić information content (AvgIpc) is 2.77. The summed E-state index contributed by atoms with van der Waals surface area (Å²) in [5.74, 6) is -0.646. The molecule has 0 radical (unpaired) electrons. The zero-order valence-electron chi connectivity index (χ0n) is 18.5. The minimum absolute atomic E-state index is 0.00695. The molecule has 0 atom stereocenters. The molecule has 6 heteroatoms. The Morgan fingerprint density at radius 2 is 1.52 bits per heavy atom. The normalized spacial score (nSPS) is 11.4. The molecule has 2 aromatic carbocycles. The van der Waals surface area contributed by atoms with E-state index in [9.17, 15) is 18.4 Å². The lowest BCUT2D eigenvalue weighted by Crippen LogP contribution is -2.07. The molecule has 0 amide bonds. The Labute approximate surface area is 191 Å². The van der Waals surface area contributed by atoms with Crippen LogP contribution in [0.1, 0.15) is 26.3 Å². The van der Waals surface area contributed by atoms with E-state index in [2.05, 4.69) is 19.1 Å². The van der Waals surface area contributed by atoms with Crippen molar-refractivity contribution in [1.29, 1.82) is 0 Å². The first-order valence-electron chi connectivity index (χ1n) is 9.74. The number of hydrogen-bond donors (Lipinski definition) is 0. The van der Waals surface area contributed by atoms with E-state index in [1.54, 1.807) is 0 Å². The van der Waals surface area contributed by atoms with E-state index in [1.807, 2.05) is 0 Å². The van der Waals surface area contributed by atoms with Crippen LogP contribution in [0.2, 0.25) is 0 Å². The smallest absolute Gasteiger partial charge is 0.338 e. The summed E-state index contributed by atoms with van der Waals surface area (Å²) in [6.07, 6.45) is 8.21. The van der Waals surface area contributed by atoms with E-state index in [0.29, 0.717) is 5.56 Å². The zero-order valence-corrected chi connectivity index (χ0v) is 18.5. The van der Waals surface area contributed by atoms with Gasteiger partial charge in [-0.3, -0.25) is 0 Å². The average molecular weight is 448 g/mol. The lowest BCUT2D eigenvalue weighted by Gasteiger charge is -2.10. The molecule has 0 aliphatic rings. The summed E-state index contributed by atoms with van der Waals surface area (Å²) in [5.41, 5.74) is 0.773. The fraction of sp³-hybridized carbons (Fsp3) is 0.111. The van der Waals surface area contributed by atoms with Gasteiger partial charge in [-0.2, -0.15) is 0 Å². The molecule has 0 aliphatic heterocycles. The van der Waals surface area contributed by atoms with Crippen molar-refractivity contribution in [2.24, 2.45) is 0 Å². The van der Waals surface area contributed by atoms with Gasteiger partial charge in [-0.15, -0.1) is 6.42 Å². The summed E-state index contributed by atoms with van der Waals surface area (Å²) in [4.78, 5) is 23.1. The molecule has 0 saturated heterocycles. The molecule has 0 fully saturated rings. The predicted octanol–water partition coefficient (Wildman–Crippen LogP) is 6.15. The molecule has 0 N–H and O–H groups in total. The summed E-state index contributed by atoms with van der Waals surface area (Å²) in [7, 11) is 0. The Morgan fingerprint density at radius 3 is 2.06 bits per heavy atom. The van der Waals surface area contributed by atoms with E-state index >= 15 is 0 Å². The summed E-state index contributed by atoms with van der Waals surface area (Å²) in [5, 5.41) is 0. The number of hydrogen-bond acceptors (Lipinski definition) is 4. The van der Waals surface area contributed by atoms with Gasteiger partial charge in [-0.05, 0) is 56.7 Å². The highest BCUT2D eigenvalue weighted by atomic mass is 19.2. The van der Waals surface area contributed by atoms with Gasteiger partial charge in [-0.1, -0.05) is 37.3 Å². The number of halogens is 2. The molecule has 0 bridgehead atoms. The summed E-state index contributed by atoms with van der Waals surface area (Å²) < 4.78 is 39.8. The number of carbonyl (C=O) groups is 2. The van der Waals surface area contributed by atoms with Crippen molar-refractivity contribution in [1.82, 2.24) is 0 Å². The second kappa shape index (κ2) is 10.9. The number of benzene rings is 2. The Kier molecular flexibility index (Phi) is 8.24. The molecular weight excluding hydrogens is 426 g/mol. The second-order valence-corrected chi connectivity index (χ2v) is 7.15. The van der Waals surface area contributed by atoms with E-state index < -0.39 is 23.6 Å². The van der Waals surface area contributed by atoms with Gasteiger partial charge in [0.1, 0.15) is 11.5 Å². The molecule has 33 heavy (non-hydrogen) atoms. The molecule has 2 rings (SSSR count). The fourth-order valence-electron chi connectivity index (χ4n) is 2.56. The fourth-order valence-corrected chi connectivity index (χ4v) is 2.56. The lowest BCUT2D eigenvalue weighted by molar-refractivity contribution is -0.135. The monoisotopic (exact) mass is 448 g/mol. The Morgan fingerprint density at radius 1 is 0.909 bits per heavy atom. The Bertz CT molecular complexity index is 1230. The molecule has 168 valence electrons. The van der Waals surface area contributed by atoms with Gasteiger partial charge < -0.3 is 9.47 Å². The molecule has 0 aromatic heterocycles. The number of terminal acetylenes is 1. The second-order valence-electron chi connectivity index (χ2n) is 7.15. The van der Waals surface area contributed by atoms with Crippen LogP contribution in [0.25, 0.3) is 16.7 Å². The Balaban J connectivity index is 2.33. The van der Waals surface area contributed by atoms with Gasteiger partial charge in [0.25, 0.3) is 0 Å². The molecule has 0 saturated carbocycles. The third-order valence-electron chi connectivity index (χ3n) is 4.34. The van der Waals surface area contributed by atoms with Crippen molar-refractivity contribution < 1.29 is 27.8 Å². The minimum Gasteiger partial charge on any atom is -0.428 e. The third-order valence-corrected chi connectivity index (χ3v) is 4.34. The first-order valence-corrected chi connectivity index (χ1v) is 9.74. The van der Waals surface area contributed by atoms with Crippen molar-refractivity contribution in [3.05, 3.63) is 95.8 Å². The minimum atomic E-state index is -1.13. The lowest BCUT2D eigenvalue weighted by atomic mass is 9.98. The number of rotatable bonds is 7. The molecule has 0 aliphatic carbocycles. The summed E-state index contributed by atoms with van der Waals surface area (Å²) in [6, 6.07) is 8.68. The molecule has 0 unspecified atom stereocenters. The van der Waals surface area contributed by atoms with E-state index in [-0.39, 0.29) is 39.4 Å². The summed E-state index contributed by atoms with van der Waals surface area (Å²) in [6.45, 7) is 11.5. The highest BCUT2D eigenvalue weighted by Gasteiger charge is 2.17. The van der Waals surface area contributed by atoms with Gasteiger partial charge >= 0.3 is 11.9 Å². The van der Waals surface area contributed by atoms with Crippen LogP contribution >= 0.6 is 0 Å². The molecule has 0 spiro atoms. The van der Waals surface area contributed by atoms with Crippen LogP contribution in [0, 0.1) is 24.0 Å². The first kappa shape index (κ1) is 25.0. The zero-order chi connectivity index (χ0) is 24.7. The van der Waals surface area contributed by atoms with Crippen LogP contribution in [-0.2, 0) is 14.3 Å². The van der Waals surface area contributed by atoms with Crippen molar-refractivity contribution in [3.8, 4) is 29.2 Å². The quantitative estimate of drug-likeness (QED) is 0.127. The van der Waals surface area contributed by atoms with Crippen LogP contribution in [0.3, 0.4) is 0 Å². The van der Waals surface area contributed by atoms with Crippen LogP contribution in [0.4, 0.5) is 8.78 Å². The number of esters is 2. The van der Waals surface area contributed by atoms with Crippen LogP contribution < -0.4 is 4.74 Å². The topological polar surface area (TPSA) is 52.6 Å². The third kappa shape index (κ3) is 6.37. The van der Waals surface area contributed by atoms with Crippen molar-refractivity contribution in [2.45, 2.75) is 20.8 Å². The maximum absolute atomic E-state index is 14.9. The van der Waals surface area contributed by atoms with Crippen molar-refractivity contribution >= 4 is 17.5 Å². The van der Waals surface area contributed by atoms with Gasteiger partial charge in [-0.25, -0.2) is 18.4 Å². The SMILES string of the molecule is C#CC(=CC=C(C)OC(=O)C(=C)C)c1ccc(-c2ccc(OC(=O)C(=C)C)cc2)c(F)c1F. The van der Waals surface area contributed by atoms with Crippen molar-refractivity contribution in [2.75, 3.05) is 0 Å². The van der Waals surface area contributed by atoms with Crippen LogP contribution in [0.15, 0.2) is 78.6 Å².